The van der Waals surface area contributed by atoms with Crippen LogP contribution in [0.5, 0.6) is 0 Å². The standard InChI is InChI=1S/C18H16FN3O2S/c19-16-8-4-5-9-17(16)25(23,24)22-11-10-14-12-20-18(21-13-14)15-6-2-1-3-7-15/h1-9,12-13,22H,10-11H2. The molecule has 0 atom stereocenters. The van der Waals surface area contributed by atoms with E-state index < -0.39 is 15.8 Å². The second-order valence-corrected chi connectivity index (χ2v) is 7.09. The van der Waals surface area contributed by atoms with E-state index in [9.17, 15) is 12.8 Å². The van der Waals surface area contributed by atoms with E-state index in [1.165, 1.54) is 18.2 Å². The summed E-state index contributed by atoms with van der Waals surface area (Å²) in [4.78, 5) is 8.22. The number of nitrogens with one attached hydrogen (secondary N) is 1. The Balaban J connectivity index is 1.62. The maximum atomic E-state index is 13.6. The van der Waals surface area contributed by atoms with Crippen molar-refractivity contribution in [2.75, 3.05) is 6.54 Å². The number of benzene rings is 2. The molecule has 3 rings (SSSR count). The summed E-state index contributed by atoms with van der Waals surface area (Å²) in [6.45, 7) is 0.130. The van der Waals surface area contributed by atoms with Gasteiger partial charge in [-0.1, -0.05) is 42.5 Å². The first-order valence-corrected chi connectivity index (χ1v) is 9.15. The molecule has 0 spiro atoms. The molecule has 0 saturated heterocycles. The molecule has 7 heteroatoms. The number of hydrogen-bond acceptors (Lipinski definition) is 4. The summed E-state index contributed by atoms with van der Waals surface area (Å²) in [5, 5.41) is 0. The van der Waals surface area contributed by atoms with Gasteiger partial charge in [-0.25, -0.2) is 27.5 Å². The average Bonchev–Trinajstić information content (AvgIpc) is 2.63. The van der Waals surface area contributed by atoms with Gasteiger partial charge in [0.25, 0.3) is 0 Å². The molecule has 1 aromatic heterocycles. The van der Waals surface area contributed by atoms with Crippen molar-refractivity contribution in [3.63, 3.8) is 0 Å². The zero-order valence-electron chi connectivity index (χ0n) is 13.3. The van der Waals surface area contributed by atoms with E-state index in [-0.39, 0.29) is 11.4 Å². The molecule has 0 aliphatic carbocycles. The van der Waals surface area contributed by atoms with Crippen LogP contribution in [-0.4, -0.2) is 24.9 Å². The fourth-order valence-electron chi connectivity index (χ4n) is 2.29. The van der Waals surface area contributed by atoms with Crippen LogP contribution in [0.4, 0.5) is 4.39 Å². The Kier molecular flexibility index (Phi) is 5.16. The molecule has 0 aliphatic heterocycles. The molecule has 0 bridgehead atoms. The third kappa shape index (κ3) is 4.26. The van der Waals surface area contributed by atoms with Gasteiger partial charge in [-0.2, -0.15) is 0 Å². The third-order valence-corrected chi connectivity index (χ3v) is 5.06. The molecule has 5 nitrogen and oxygen atoms in total. The van der Waals surface area contributed by atoms with Crippen LogP contribution in [0.3, 0.4) is 0 Å². The lowest BCUT2D eigenvalue weighted by molar-refractivity contribution is 0.557. The summed E-state index contributed by atoms with van der Waals surface area (Å²) in [6, 6.07) is 14.8. The number of aromatic nitrogens is 2. The lowest BCUT2D eigenvalue weighted by atomic mass is 10.2. The first-order valence-electron chi connectivity index (χ1n) is 7.67. The highest BCUT2D eigenvalue weighted by molar-refractivity contribution is 7.89. The highest BCUT2D eigenvalue weighted by Crippen LogP contribution is 2.14. The van der Waals surface area contributed by atoms with Crippen LogP contribution in [0, 0.1) is 5.82 Å². The number of sulfonamides is 1. The van der Waals surface area contributed by atoms with Crippen molar-refractivity contribution in [2.45, 2.75) is 11.3 Å². The topological polar surface area (TPSA) is 72.0 Å². The van der Waals surface area contributed by atoms with Crippen molar-refractivity contribution >= 4 is 10.0 Å². The monoisotopic (exact) mass is 357 g/mol. The lowest BCUT2D eigenvalue weighted by Gasteiger charge is -2.07. The van der Waals surface area contributed by atoms with Crippen LogP contribution in [0.2, 0.25) is 0 Å². The Labute approximate surface area is 145 Å². The SMILES string of the molecule is O=S(=O)(NCCc1cnc(-c2ccccc2)nc1)c1ccccc1F. The molecule has 1 heterocycles. The molecule has 0 amide bonds. The Morgan fingerprint density at radius 1 is 0.920 bits per heavy atom. The minimum atomic E-state index is -3.88. The van der Waals surface area contributed by atoms with E-state index in [1.807, 2.05) is 30.3 Å². The molecule has 0 saturated carbocycles. The molecule has 128 valence electrons. The van der Waals surface area contributed by atoms with Gasteiger partial charge in [-0.15, -0.1) is 0 Å². The summed E-state index contributed by atoms with van der Waals surface area (Å²) in [5.41, 5.74) is 1.70. The van der Waals surface area contributed by atoms with Crippen molar-refractivity contribution in [3.8, 4) is 11.4 Å². The fourth-order valence-corrected chi connectivity index (χ4v) is 3.40. The molecule has 25 heavy (non-hydrogen) atoms. The zero-order chi connectivity index (χ0) is 17.7. The Morgan fingerprint density at radius 3 is 2.24 bits per heavy atom. The van der Waals surface area contributed by atoms with Gasteiger partial charge in [0.15, 0.2) is 5.82 Å². The van der Waals surface area contributed by atoms with E-state index in [4.69, 9.17) is 0 Å². The number of rotatable bonds is 6. The van der Waals surface area contributed by atoms with Crippen LogP contribution in [-0.2, 0) is 16.4 Å². The summed E-state index contributed by atoms with van der Waals surface area (Å²) >= 11 is 0. The van der Waals surface area contributed by atoms with Crippen molar-refractivity contribution < 1.29 is 12.8 Å². The average molecular weight is 357 g/mol. The molecule has 0 aliphatic rings. The smallest absolute Gasteiger partial charge is 0.236 e. The Hall–Kier alpha value is -2.64. The summed E-state index contributed by atoms with van der Waals surface area (Å²) in [5.74, 6) is -0.165. The summed E-state index contributed by atoms with van der Waals surface area (Å²) < 4.78 is 40.2. The fraction of sp³-hybridized carbons (Fsp3) is 0.111. The summed E-state index contributed by atoms with van der Waals surface area (Å²) in [7, 11) is -3.88. The zero-order valence-corrected chi connectivity index (χ0v) is 14.1. The first kappa shape index (κ1) is 17.2. The number of nitrogens with zero attached hydrogens (tertiary/aromatic N) is 2. The van der Waals surface area contributed by atoms with Gasteiger partial charge in [-0.3, -0.25) is 0 Å². The van der Waals surface area contributed by atoms with E-state index in [0.29, 0.717) is 12.2 Å². The maximum absolute atomic E-state index is 13.6. The van der Waals surface area contributed by atoms with Crippen LogP contribution in [0.15, 0.2) is 71.9 Å². The van der Waals surface area contributed by atoms with E-state index in [1.54, 1.807) is 12.4 Å². The first-order chi connectivity index (χ1) is 12.1. The minimum Gasteiger partial charge on any atom is -0.236 e. The maximum Gasteiger partial charge on any atom is 0.243 e. The third-order valence-electron chi connectivity index (χ3n) is 3.57. The van der Waals surface area contributed by atoms with Crippen LogP contribution in [0.1, 0.15) is 5.56 Å². The molecule has 1 N–H and O–H groups in total. The van der Waals surface area contributed by atoms with Gasteiger partial charge in [0.05, 0.1) is 0 Å². The summed E-state index contributed by atoms with van der Waals surface area (Å²) in [6.07, 6.45) is 3.72. The largest absolute Gasteiger partial charge is 0.243 e. The second kappa shape index (κ2) is 7.50. The molecular formula is C18H16FN3O2S. The van der Waals surface area contributed by atoms with Crippen molar-refractivity contribution in [1.29, 1.82) is 0 Å². The number of hydrogen-bond donors (Lipinski definition) is 1. The van der Waals surface area contributed by atoms with Crippen molar-refractivity contribution in [2.24, 2.45) is 0 Å². The molecule has 3 aromatic rings. The highest BCUT2D eigenvalue weighted by Gasteiger charge is 2.17. The predicted molar refractivity (Wildman–Crippen MR) is 92.8 cm³/mol. The van der Waals surface area contributed by atoms with Crippen molar-refractivity contribution in [1.82, 2.24) is 14.7 Å². The molecule has 0 radical (unpaired) electrons. The molecule has 0 unspecified atom stereocenters. The van der Waals surface area contributed by atoms with Gasteiger partial charge >= 0.3 is 0 Å². The van der Waals surface area contributed by atoms with E-state index in [0.717, 1.165) is 17.2 Å². The predicted octanol–water partition coefficient (Wildman–Crippen LogP) is 2.80. The number of halogens is 1. The molecule has 2 aromatic carbocycles. The van der Waals surface area contributed by atoms with Crippen LogP contribution in [0.25, 0.3) is 11.4 Å². The quantitative estimate of drug-likeness (QED) is 0.736. The molecular weight excluding hydrogens is 341 g/mol. The Morgan fingerprint density at radius 2 is 1.56 bits per heavy atom. The van der Waals surface area contributed by atoms with Gasteiger partial charge in [0, 0.05) is 24.5 Å². The van der Waals surface area contributed by atoms with Crippen LogP contribution < -0.4 is 4.72 Å². The van der Waals surface area contributed by atoms with E-state index in [2.05, 4.69) is 14.7 Å². The minimum absolute atomic E-state index is 0.130. The normalized spacial score (nSPS) is 11.4. The van der Waals surface area contributed by atoms with E-state index >= 15 is 0 Å². The second-order valence-electron chi connectivity index (χ2n) is 5.36. The van der Waals surface area contributed by atoms with Crippen molar-refractivity contribution in [3.05, 3.63) is 78.4 Å². The molecule has 0 fully saturated rings. The van der Waals surface area contributed by atoms with Gasteiger partial charge < -0.3 is 0 Å². The lowest BCUT2D eigenvalue weighted by Crippen LogP contribution is -2.26. The highest BCUT2D eigenvalue weighted by atomic mass is 32.2. The van der Waals surface area contributed by atoms with Gasteiger partial charge in [0.2, 0.25) is 10.0 Å². The van der Waals surface area contributed by atoms with Gasteiger partial charge in [0.1, 0.15) is 10.7 Å². The Bertz CT molecular complexity index is 946. The van der Waals surface area contributed by atoms with Gasteiger partial charge in [-0.05, 0) is 24.1 Å². The van der Waals surface area contributed by atoms with Crippen LogP contribution >= 0.6 is 0 Å².